The Morgan fingerprint density at radius 1 is 1.38 bits per heavy atom. The van der Waals surface area contributed by atoms with Gasteiger partial charge in [0.25, 0.3) is 0 Å². The highest BCUT2D eigenvalue weighted by molar-refractivity contribution is 7.14. The maximum Gasteiger partial charge on any atom is 0.356 e. The van der Waals surface area contributed by atoms with E-state index < -0.39 is 5.97 Å². The SMILES string of the molecule is O=C(O)c1cc(-c2ccc(F)cc2)n(P)n1. The smallest absolute Gasteiger partial charge is 0.356 e. The molecular formula is C10H8FN2O2P. The summed E-state index contributed by atoms with van der Waals surface area (Å²) in [7, 11) is 2.29. The van der Waals surface area contributed by atoms with E-state index in [2.05, 4.69) is 14.5 Å². The minimum absolute atomic E-state index is 0.0469. The molecule has 1 aromatic carbocycles. The summed E-state index contributed by atoms with van der Waals surface area (Å²) in [6.07, 6.45) is 0. The zero-order valence-electron chi connectivity index (χ0n) is 8.09. The Hall–Kier alpha value is -1.74. The van der Waals surface area contributed by atoms with Crippen molar-refractivity contribution >= 4 is 15.4 Å². The first-order chi connectivity index (χ1) is 7.58. The van der Waals surface area contributed by atoms with E-state index in [9.17, 15) is 9.18 Å². The van der Waals surface area contributed by atoms with Crippen LogP contribution in [-0.4, -0.2) is 20.6 Å². The average Bonchev–Trinajstić information content (AvgIpc) is 2.62. The third-order valence-electron chi connectivity index (χ3n) is 2.09. The van der Waals surface area contributed by atoms with Crippen LogP contribution in [0.4, 0.5) is 4.39 Å². The van der Waals surface area contributed by atoms with E-state index in [0.29, 0.717) is 11.3 Å². The molecule has 82 valence electrons. The summed E-state index contributed by atoms with van der Waals surface area (Å²) in [5, 5.41) is 12.6. The fourth-order valence-corrected chi connectivity index (χ4v) is 1.68. The number of carboxylic acids is 1. The van der Waals surface area contributed by atoms with Crippen molar-refractivity contribution in [3.63, 3.8) is 0 Å². The van der Waals surface area contributed by atoms with Crippen LogP contribution >= 0.6 is 9.39 Å². The van der Waals surface area contributed by atoms with Gasteiger partial charge in [-0.2, -0.15) is 5.10 Å². The maximum atomic E-state index is 12.7. The summed E-state index contributed by atoms with van der Waals surface area (Å²) in [4.78, 5) is 10.7. The molecule has 1 heterocycles. The highest BCUT2D eigenvalue weighted by atomic mass is 31.0. The summed E-state index contributed by atoms with van der Waals surface area (Å²) in [5.74, 6) is -1.43. The lowest BCUT2D eigenvalue weighted by molar-refractivity contribution is 0.0690. The Kier molecular flexibility index (Phi) is 2.71. The first-order valence-electron chi connectivity index (χ1n) is 4.42. The number of carboxylic acid groups (broad SMARTS) is 1. The van der Waals surface area contributed by atoms with E-state index in [1.807, 2.05) is 0 Å². The van der Waals surface area contributed by atoms with Gasteiger partial charge in [0.15, 0.2) is 5.69 Å². The Morgan fingerprint density at radius 2 is 2.00 bits per heavy atom. The van der Waals surface area contributed by atoms with Crippen molar-refractivity contribution in [2.45, 2.75) is 0 Å². The summed E-state index contributed by atoms with van der Waals surface area (Å²) in [6, 6.07) is 7.19. The molecule has 0 saturated carbocycles. The molecule has 2 rings (SSSR count). The molecule has 1 aromatic heterocycles. The quantitative estimate of drug-likeness (QED) is 0.814. The topological polar surface area (TPSA) is 55.1 Å². The van der Waals surface area contributed by atoms with Gasteiger partial charge in [-0.25, -0.2) is 13.6 Å². The fraction of sp³-hybridized carbons (Fsp3) is 0. The average molecular weight is 238 g/mol. The van der Waals surface area contributed by atoms with Crippen molar-refractivity contribution in [2.24, 2.45) is 0 Å². The van der Waals surface area contributed by atoms with Gasteiger partial charge in [0.05, 0.1) is 5.69 Å². The van der Waals surface area contributed by atoms with Crippen LogP contribution in [-0.2, 0) is 0 Å². The summed E-state index contributed by atoms with van der Waals surface area (Å²) in [6.45, 7) is 0. The van der Waals surface area contributed by atoms with Crippen LogP contribution in [0.2, 0.25) is 0 Å². The summed E-state index contributed by atoms with van der Waals surface area (Å²) in [5.41, 5.74) is 1.26. The van der Waals surface area contributed by atoms with Gasteiger partial charge in [0, 0.05) is 5.56 Å². The van der Waals surface area contributed by atoms with Crippen molar-refractivity contribution in [1.29, 1.82) is 0 Å². The molecule has 0 saturated heterocycles. The Labute approximate surface area is 93.0 Å². The van der Waals surface area contributed by atoms with Gasteiger partial charge in [-0.1, -0.05) is 0 Å². The van der Waals surface area contributed by atoms with Gasteiger partial charge < -0.3 is 5.11 Å². The predicted molar refractivity (Wildman–Crippen MR) is 59.7 cm³/mol. The third-order valence-corrected chi connectivity index (χ3v) is 2.49. The van der Waals surface area contributed by atoms with Crippen molar-refractivity contribution < 1.29 is 14.3 Å². The number of hydrogen-bond donors (Lipinski definition) is 1. The van der Waals surface area contributed by atoms with Gasteiger partial charge in [0.1, 0.15) is 5.82 Å². The maximum absolute atomic E-state index is 12.7. The first kappa shape index (κ1) is 10.8. The molecular weight excluding hydrogens is 230 g/mol. The first-order valence-corrected chi connectivity index (χ1v) is 4.94. The van der Waals surface area contributed by atoms with Crippen molar-refractivity contribution in [3.05, 3.63) is 41.8 Å². The number of nitrogens with zero attached hydrogens (tertiary/aromatic N) is 2. The molecule has 0 fully saturated rings. The zero-order valence-corrected chi connectivity index (χ0v) is 9.25. The highest BCUT2D eigenvalue weighted by Crippen LogP contribution is 2.22. The summed E-state index contributed by atoms with van der Waals surface area (Å²) < 4.78 is 14.1. The lowest BCUT2D eigenvalue weighted by Gasteiger charge is -2.00. The van der Waals surface area contributed by atoms with Crippen LogP contribution in [0.3, 0.4) is 0 Å². The monoisotopic (exact) mass is 238 g/mol. The van der Waals surface area contributed by atoms with Gasteiger partial charge >= 0.3 is 5.97 Å². The molecule has 2 aromatic rings. The Bertz CT molecular complexity index is 536. The Balaban J connectivity index is 2.47. The van der Waals surface area contributed by atoms with Crippen LogP contribution in [0.5, 0.6) is 0 Å². The van der Waals surface area contributed by atoms with Gasteiger partial charge in [-0.15, -0.1) is 0 Å². The zero-order chi connectivity index (χ0) is 11.7. The second-order valence-corrected chi connectivity index (χ2v) is 3.66. The number of rotatable bonds is 2. The Morgan fingerprint density at radius 3 is 2.50 bits per heavy atom. The lowest BCUT2D eigenvalue weighted by atomic mass is 10.1. The van der Waals surface area contributed by atoms with Crippen molar-refractivity contribution in [1.82, 2.24) is 9.55 Å². The van der Waals surface area contributed by atoms with Crippen LogP contribution in [0.15, 0.2) is 30.3 Å². The molecule has 0 aliphatic rings. The minimum Gasteiger partial charge on any atom is -0.476 e. The molecule has 0 aliphatic carbocycles. The number of hydrogen-bond acceptors (Lipinski definition) is 2. The number of aromatic carboxylic acids is 1. The van der Waals surface area contributed by atoms with Crippen LogP contribution < -0.4 is 0 Å². The second-order valence-electron chi connectivity index (χ2n) is 3.17. The number of benzene rings is 1. The molecule has 0 aliphatic heterocycles. The molecule has 0 amide bonds. The molecule has 4 nitrogen and oxygen atoms in total. The third kappa shape index (κ3) is 1.95. The molecule has 16 heavy (non-hydrogen) atoms. The number of halogens is 1. The molecule has 0 radical (unpaired) electrons. The lowest BCUT2D eigenvalue weighted by Crippen LogP contribution is -1.96. The van der Waals surface area contributed by atoms with Gasteiger partial charge in [-0.3, -0.25) is 0 Å². The largest absolute Gasteiger partial charge is 0.476 e. The highest BCUT2D eigenvalue weighted by Gasteiger charge is 2.12. The molecule has 0 spiro atoms. The molecule has 6 heteroatoms. The molecule has 0 bridgehead atoms. The van der Waals surface area contributed by atoms with E-state index in [1.54, 1.807) is 12.1 Å². The minimum atomic E-state index is -1.09. The van der Waals surface area contributed by atoms with E-state index in [1.165, 1.54) is 22.7 Å². The number of carbonyl (C=O) groups is 1. The van der Waals surface area contributed by atoms with Gasteiger partial charge in [-0.05, 0) is 39.7 Å². The molecule has 1 atom stereocenters. The predicted octanol–water partition coefficient (Wildman–Crippen LogP) is 2.03. The molecule has 1 N–H and O–H groups in total. The normalized spacial score (nSPS) is 10.4. The van der Waals surface area contributed by atoms with E-state index in [-0.39, 0.29) is 11.5 Å². The van der Waals surface area contributed by atoms with Crippen molar-refractivity contribution in [3.8, 4) is 11.3 Å². The second kappa shape index (κ2) is 4.02. The van der Waals surface area contributed by atoms with Crippen LogP contribution in [0.25, 0.3) is 11.3 Å². The van der Waals surface area contributed by atoms with E-state index in [4.69, 9.17) is 5.11 Å². The van der Waals surface area contributed by atoms with E-state index >= 15 is 0 Å². The van der Waals surface area contributed by atoms with Crippen molar-refractivity contribution in [2.75, 3.05) is 0 Å². The van der Waals surface area contributed by atoms with Gasteiger partial charge in [0.2, 0.25) is 0 Å². The standard InChI is InChI=1S/C10H8FN2O2P/c11-7-3-1-6(2-4-7)9-5-8(10(14)15)12-13(9)16/h1-5H,16H2,(H,14,15). The van der Waals surface area contributed by atoms with Crippen LogP contribution in [0, 0.1) is 5.82 Å². The molecule has 1 unspecified atom stereocenters. The van der Waals surface area contributed by atoms with E-state index in [0.717, 1.165) is 0 Å². The van der Waals surface area contributed by atoms with Crippen LogP contribution in [0.1, 0.15) is 10.5 Å². The summed E-state index contributed by atoms with van der Waals surface area (Å²) >= 11 is 0. The number of aromatic nitrogens is 2. The fourth-order valence-electron chi connectivity index (χ4n) is 1.34.